The molecular formula is C13H14FN5O2S. The maximum Gasteiger partial charge on any atom is 0.243 e. The number of carbonyl (C=O) groups excluding carboxylic acids is 2. The van der Waals surface area contributed by atoms with Gasteiger partial charge >= 0.3 is 0 Å². The van der Waals surface area contributed by atoms with Crippen LogP contribution in [-0.4, -0.2) is 51.2 Å². The number of halogens is 1. The van der Waals surface area contributed by atoms with Crippen LogP contribution in [0.1, 0.15) is 0 Å². The fourth-order valence-corrected chi connectivity index (χ4v) is 2.26. The van der Waals surface area contributed by atoms with E-state index in [4.69, 9.17) is 0 Å². The van der Waals surface area contributed by atoms with Crippen LogP contribution in [-0.2, 0) is 9.59 Å². The van der Waals surface area contributed by atoms with Crippen molar-refractivity contribution in [2.24, 2.45) is 0 Å². The summed E-state index contributed by atoms with van der Waals surface area (Å²) in [4.78, 5) is 28.9. The summed E-state index contributed by atoms with van der Waals surface area (Å²) in [6, 6.07) is 5.40. The maximum absolute atomic E-state index is 12.8. The first-order valence-corrected chi connectivity index (χ1v) is 7.30. The molecule has 2 rings (SSSR count). The number of H-pyrrole nitrogens is 1. The number of carbonyl (C=O) groups is 2. The van der Waals surface area contributed by atoms with Crippen LogP contribution >= 0.6 is 11.8 Å². The molecule has 0 bridgehead atoms. The number of aromatic amines is 1. The van der Waals surface area contributed by atoms with Gasteiger partial charge in [-0.1, -0.05) is 11.8 Å². The van der Waals surface area contributed by atoms with Crippen LogP contribution in [0.25, 0.3) is 0 Å². The first-order chi connectivity index (χ1) is 10.5. The Morgan fingerprint density at radius 1 is 1.36 bits per heavy atom. The Hall–Kier alpha value is -2.42. The normalized spacial score (nSPS) is 10.3. The predicted molar refractivity (Wildman–Crippen MR) is 79.8 cm³/mol. The molecule has 1 heterocycles. The number of amides is 2. The largest absolute Gasteiger partial charge is 0.336 e. The average Bonchev–Trinajstić information content (AvgIpc) is 3.00. The Kier molecular flexibility index (Phi) is 5.48. The van der Waals surface area contributed by atoms with E-state index in [2.05, 4.69) is 20.5 Å². The van der Waals surface area contributed by atoms with Gasteiger partial charge in [0.15, 0.2) is 5.16 Å². The van der Waals surface area contributed by atoms with Gasteiger partial charge in [-0.3, -0.25) is 14.7 Å². The molecule has 0 unspecified atom stereocenters. The average molecular weight is 323 g/mol. The molecule has 0 radical (unpaired) electrons. The number of likely N-dealkylation sites (N-methyl/N-ethyl adjacent to an activating group) is 1. The minimum Gasteiger partial charge on any atom is -0.336 e. The number of rotatable bonds is 6. The number of anilines is 1. The van der Waals surface area contributed by atoms with Crippen LogP contribution < -0.4 is 5.32 Å². The number of hydrogen-bond donors (Lipinski definition) is 2. The highest BCUT2D eigenvalue weighted by molar-refractivity contribution is 7.99. The maximum atomic E-state index is 12.8. The zero-order chi connectivity index (χ0) is 15.9. The highest BCUT2D eigenvalue weighted by Gasteiger charge is 2.14. The molecule has 2 aromatic rings. The molecule has 2 N–H and O–H groups in total. The molecule has 1 aromatic heterocycles. The Bertz CT molecular complexity index is 632. The summed E-state index contributed by atoms with van der Waals surface area (Å²) in [7, 11) is 1.54. The van der Waals surface area contributed by atoms with Crippen molar-refractivity contribution in [1.82, 2.24) is 20.1 Å². The van der Waals surface area contributed by atoms with E-state index >= 15 is 0 Å². The number of benzene rings is 1. The minimum absolute atomic E-state index is 0.0901. The second-order valence-corrected chi connectivity index (χ2v) is 5.35. The molecule has 0 aliphatic rings. The van der Waals surface area contributed by atoms with Gasteiger partial charge < -0.3 is 10.2 Å². The second kappa shape index (κ2) is 7.55. The second-order valence-electron chi connectivity index (χ2n) is 4.38. The summed E-state index contributed by atoms with van der Waals surface area (Å²) in [5.41, 5.74) is 0.475. The minimum atomic E-state index is -0.380. The Labute approximate surface area is 130 Å². The van der Waals surface area contributed by atoms with Gasteiger partial charge in [0, 0.05) is 12.7 Å². The zero-order valence-corrected chi connectivity index (χ0v) is 12.6. The monoisotopic (exact) mass is 323 g/mol. The molecule has 0 spiro atoms. The van der Waals surface area contributed by atoms with Gasteiger partial charge in [0.2, 0.25) is 11.8 Å². The Morgan fingerprint density at radius 3 is 2.73 bits per heavy atom. The molecule has 0 aliphatic carbocycles. The number of thioether (sulfide) groups is 1. The summed E-state index contributed by atoms with van der Waals surface area (Å²) in [5.74, 6) is -0.798. The third kappa shape index (κ3) is 4.85. The lowest BCUT2D eigenvalue weighted by atomic mass is 10.3. The zero-order valence-electron chi connectivity index (χ0n) is 11.7. The van der Waals surface area contributed by atoms with E-state index < -0.39 is 0 Å². The van der Waals surface area contributed by atoms with Crippen molar-refractivity contribution >= 4 is 29.3 Å². The lowest BCUT2D eigenvalue weighted by Crippen LogP contribution is -2.35. The smallest absolute Gasteiger partial charge is 0.243 e. The third-order valence-electron chi connectivity index (χ3n) is 2.66. The highest BCUT2D eigenvalue weighted by atomic mass is 32.2. The van der Waals surface area contributed by atoms with Gasteiger partial charge in [-0.15, -0.1) is 0 Å². The molecule has 9 heteroatoms. The molecule has 22 heavy (non-hydrogen) atoms. The topological polar surface area (TPSA) is 91.0 Å². The third-order valence-corrected chi connectivity index (χ3v) is 3.52. The predicted octanol–water partition coefficient (Wildman–Crippen LogP) is 1.13. The van der Waals surface area contributed by atoms with Crippen molar-refractivity contribution in [3.05, 3.63) is 36.4 Å². The Morgan fingerprint density at radius 2 is 2.09 bits per heavy atom. The van der Waals surface area contributed by atoms with Crippen molar-refractivity contribution in [1.29, 1.82) is 0 Å². The summed E-state index contributed by atoms with van der Waals surface area (Å²) < 4.78 is 12.8. The van der Waals surface area contributed by atoms with Gasteiger partial charge in [0.25, 0.3) is 0 Å². The fraction of sp³-hybridized carbons (Fsp3) is 0.231. The molecule has 0 fully saturated rings. The van der Waals surface area contributed by atoms with E-state index in [1.165, 1.54) is 54.3 Å². The molecule has 116 valence electrons. The van der Waals surface area contributed by atoms with Crippen molar-refractivity contribution in [3.8, 4) is 0 Å². The van der Waals surface area contributed by atoms with Gasteiger partial charge in [0.1, 0.15) is 12.1 Å². The first-order valence-electron chi connectivity index (χ1n) is 6.32. The number of nitrogens with one attached hydrogen (secondary N) is 2. The van der Waals surface area contributed by atoms with Gasteiger partial charge in [0.05, 0.1) is 12.3 Å². The van der Waals surface area contributed by atoms with Crippen molar-refractivity contribution in [3.63, 3.8) is 0 Å². The van der Waals surface area contributed by atoms with Gasteiger partial charge in [-0.2, -0.15) is 5.10 Å². The molecule has 1 aromatic carbocycles. The standard InChI is InChI=1S/C13H14FN5O2S/c1-19(12(21)7-22-13-15-8-16-18-13)6-11(20)17-10-4-2-9(14)3-5-10/h2-5,8H,6-7H2,1H3,(H,17,20)(H,15,16,18). The first kappa shape index (κ1) is 16.0. The quantitative estimate of drug-likeness (QED) is 0.778. The van der Waals surface area contributed by atoms with Gasteiger partial charge in [-0.05, 0) is 24.3 Å². The van der Waals surface area contributed by atoms with Crippen LogP contribution in [0, 0.1) is 5.82 Å². The van der Waals surface area contributed by atoms with Crippen LogP contribution in [0.2, 0.25) is 0 Å². The van der Waals surface area contributed by atoms with Gasteiger partial charge in [-0.25, -0.2) is 9.37 Å². The van der Waals surface area contributed by atoms with Crippen LogP contribution in [0.4, 0.5) is 10.1 Å². The molecule has 0 atom stereocenters. The van der Waals surface area contributed by atoms with E-state index in [-0.39, 0.29) is 29.9 Å². The summed E-state index contributed by atoms with van der Waals surface area (Å²) in [5, 5.41) is 9.43. The van der Waals surface area contributed by atoms with E-state index in [1.807, 2.05) is 0 Å². The summed E-state index contributed by atoms with van der Waals surface area (Å²) >= 11 is 1.20. The molecule has 7 nitrogen and oxygen atoms in total. The van der Waals surface area contributed by atoms with Crippen LogP contribution in [0.5, 0.6) is 0 Å². The molecular weight excluding hydrogens is 309 g/mol. The Balaban J connectivity index is 1.77. The van der Waals surface area contributed by atoms with Crippen LogP contribution in [0.3, 0.4) is 0 Å². The molecule has 0 saturated carbocycles. The van der Waals surface area contributed by atoms with E-state index in [1.54, 1.807) is 0 Å². The number of aromatic nitrogens is 3. The SMILES string of the molecule is CN(CC(=O)Nc1ccc(F)cc1)C(=O)CSc1ncn[nH]1. The lowest BCUT2D eigenvalue weighted by Gasteiger charge is -2.16. The fourth-order valence-electron chi connectivity index (χ4n) is 1.54. The molecule has 2 amide bonds. The summed E-state index contributed by atoms with van der Waals surface area (Å²) in [6.07, 6.45) is 1.35. The number of hydrogen-bond acceptors (Lipinski definition) is 5. The molecule has 0 aliphatic heterocycles. The van der Waals surface area contributed by atoms with Crippen molar-refractivity contribution < 1.29 is 14.0 Å². The van der Waals surface area contributed by atoms with Crippen molar-refractivity contribution in [2.75, 3.05) is 24.7 Å². The lowest BCUT2D eigenvalue weighted by molar-refractivity contribution is -0.131. The highest BCUT2D eigenvalue weighted by Crippen LogP contribution is 2.11. The van der Waals surface area contributed by atoms with Crippen molar-refractivity contribution in [2.45, 2.75) is 5.16 Å². The number of nitrogens with zero attached hydrogens (tertiary/aromatic N) is 3. The summed E-state index contributed by atoms with van der Waals surface area (Å²) in [6.45, 7) is -0.0901. The van der Waals surface area contributed by atoms with E-state index in [0.29, 0.717) is 10.8 Å². The van der Waals surface area contributed by atoms with E-state index in [0.717, 1.165) is 0 Å². The molecule has 0 saturated heterocycles. The van der Waals surface area contributed by atoms with Crippen LogP contribution in [0.15, 0.2) is 35.7 Å². The van der Waals surface area contributed by atoms with E-state index in [9.17, 15) is 14.0 Å².